The van der Waals surface area contributed by atoms with E-state index in [2.05, 4.69) is 5.32 Å². The molecule has 0 atom stereocenters. The van der Waals surface area contributed by atoms with Gasteiger partial charge < -0.3 is 14.8 Å². The molecule has 0 spiro atoms. The summed E-state index contributed by atoms with van der Waals surface area (Å²) in [5, 5.41) is 2.58. The molecule has 104 valence electrons. The first-order valence-electron chi connectivity index (χ1n) is 6.32. The topological polar surface area (TPSA) is 47.6 Å². The minimum absolute atomic E-state index is 0.202. The Morgan fingerprint density at radius 3 is 2.50 bits per heavy atom. The van der Waals surface area contributed by atoms with Crippen molar-refractivity contribution in [1.82, 2.24) is 5.32 Å². The molecule has 0 unspecified atom stereocenters. The van der Waals surface area contributed by atoms with Crippen LogP contribution in [0.3, 0.4) is 0 Å². The molecule has 0 aliphatic heterocycles. The van der Waals surface area contributed by atoms with E-state index >= 15 is 0 Å². The van der Waals surface area contributed by atoms with Crippen molar-refractivity contribution in [3.63, 3.8) is 0 Å². The Morgan fingerprint density at radius 2 is 1.85 bits per heavy atom. The second kappa shape index (κ2) is 6.61. The highest BCUT2D eigenvalue weighted by molar-refractivity contribution is 5.97. The van der Waals surface area contributed by atoms with Gasteiger partial charge in [-0.05, 0) is 17.7 Å². The molecular weight excluding hydrogens is 254 g/mol. The van der Waals surface area contributed by atoms with E-state index in [1.54, 1.807) is 25.2 Å². The van der Waals surface area contributed by atoms with Crippen molar-refractivity contribution >= 4 is 5.91 Å². The molecule has 0 bridgehead atoms. The second-order valence-electron chi connectivity index (χ2n) is 4.19. The number of rotatable bonds is 5. The van der Waals surface area contributed by atoms with E-state index in [4.69, 9.17) is 9.47 Å². The molecule has 0 heterocycles. The molecular formula is C16H17NO3. The summed E-state index contributed by atoms with van der Waals surface area (Å²) in [6.45, 7) is 0.425. The lowest BCUT2D eigenvalue weighted by molar-refractivity contribution is 0.0959. The molecule has 0 aliphatic rings. The van der Waals surface area contributed by atoms with E-state index in [0.29, 0.717) is 23.7 Å². The van der Waals surface area contributed by atoms with Gasteiger partial charge in [0, 0.05) is 7.05 Å². The van der Waals surface area contributed by atoms with Crippen molar-refractivity contribution < 1.29 is 14.3 Å². The van der Waals surface area contributed by atoms with E-state index in [0.717, 1.165) is 5.56 Å². The summed E-state index contributed by atoms with van der Waals surface area (Å²) in [4.78, 5) is 11.8. The lowest BCUT2D eigenvalue weighted by Gasteiger charge is -2.13. The lowest BCUT2D eigenvalue weighted by Crippen LogP contribution is -2.18. The average Bonchev–Trinajstić information content (AvgIpc) is 2.52. The summed E-state index contributed by atoms with van der Waals surface area (Å²) in [5.74, 6) is 0.798. The predicted molar refractivity (Wildman–Crippen MR) is 77.2 cm³/mol. The van der Waals surface area contributed by atoms with Gasteiger partial charge in [0.1, 0.15) is 6.61 Å². The maximum atomic E-state index is 11.8. The van der Waals surface area contributed by atoms with Gasteiger partial charge in [-0.1, -0.05) is 36.4 Å². The van der Waals surface area contributed by atoms with Gasteiger partial charge in [0.2, 0.25) is 0 Å². The van der Waals surface area contributed by atoms with Crippen molar-refractivity contribution in [2.24, 2.45) is 0 Å². The number of nitrogens with one attached hydrogen (secondary N) is 1. The normalized spacial score (nSPS) is 9.90. The number of ether oxygens (including phenoxy) is 2. The van der Waals surface area contributed by atoms with Crippen LogP contribution in [-0.2, 0) is 6.61 Å². The van der Waals surface area contributed by atoms with Gasteiger partial charge in [0.05, 0.1) is 12.7 Å². The Morgan fingerprint density at radius 1 is 1.10 bits per heavy atom. The number of benzene rings is 2. The molecule has 1 amide bonds. The van der Waals surface area contributed by atoms with Crippen LogP contribution in [0.2, 0.25) is 0 Å². The first kappa shape index (κ1) is 13.9. The Balaban J connectivity index is 2.21. The van der Waals surface area contributed by atoms with Crippen LogP contribution in [0.5, 0.6) is 11.5 Å². The van der Waals surface area contributed by atoms with E-state index in [1.807, 2.05) is 30.3 Å². The maximum absolute atomic E-state index is 11.8. The summed E-state index contributed by atoms with van der Waals surface area (Å²) >= 11 is 0. The molecule has 2 aromatic carbocycles. The Kier molecular flexibility index (Phi) is 4.60. The fourth-order valence-electron chi connectivity index (χ4n) is 1.89. The summed E-state index contributed by atoms with van der Waals surface area (Å²) in [6, 6.07) is 15.1. The SMILES string of the molecule is CNC(=O)c1cccc(OCc2ccccc2)c1OC. The molecule has 0 saturated carbocycles. The highest BCUT2D eigenvalue weighted by Gasteiger charge is 2.15. The highest BCUT2D eigenvalue weighted by Crippen LogP contribution is 2.31. The molecule has 0 saturated heterocycles. The smallest absolute Gasteiger partial charge is 0.254 e. The molecule has 20 heavy (non-hydrogen) atoms. The van der Waals surface area contributed by atoms with E-state index < -0.39 is 0 Å². The number of carbonyl (C=O) groups excluding carboxylic acids is 1. The third kappa shape index (κ3) is 3.09. The molecule has 0 aromatic heterocycles. The van der Waals surface area contributed by atoms with Gasteiger partial charge in [-0.3, -0.25) is 4.79 Å². The summed E-state index contributed by atoms with van der Waals surface area (Å²) < 4.78 is 11.0. The first-order chi connectivity index (χ1) is 9.76. The van der Waals surface area contributed by atoms with Crippen LogP contribution in [0.15, 0.2) is 48.5 Å². The van der Waals surface area contributed by atoms with Crippen molar-refractivity contribution in [3.8, 4) is 11.5 Å². The Labute approximate surface area is 118 Å². The molecule has 0 fully saturated rings. The first-order valence-corrected chi connectivity index (χ1v) is 6.32. The highest BCUT2D eigenvalue weighted by atomic mass is 16.5. The minimum Gasteiger partial charge on any atom is -0.492 e. The second-order valence-corrected chi connectivity index (χ2v) is 4.19. The molecule has 4 nitrogen and oxygen atoms in total. The summed E-state index contributed by atoms with van der Waals surface area (Å²) in [7, 11) is 3.11. The third-order valence-electron chi connectivity index (χ3n) is 2.89. The number of methoxy groups -OCH3 is 1. The van der Waals surface area contributed by atoms with Crippen LogP contribution in [-0.4, -0.2) is 20.1 Å². The number of amides is 1. The van der Waals surface area contributed by atoms with Crippen LogP contribution >= 0.6 is 0 Å². The van der Waals surface area contributed by atoms with Crippen LogP contribution < -0.4 is 14.8 Å². The molecule has 2 aromatic rings. The number of para-hydroxylation sites is 1. The summed E-state index contributed by atoms with van der Waals surface area (Å²) in [6.07, 6.45) is 0. The third-order valence-corrected chi connectivity index (χ3v) is 2.89. The van der Waals surface area contributed by atoms with E-state index in [9.17, 15) is 4.79 Å². The van der Waals surface area contributed by atoms with Gasteiger partial charge >= 0.3 is 0 Å². The fourth-order valence-corrected chi connectivity index (χ4v) is 1.89. The van der Waals surface area contributed by atoms with Crippen LogP contribution in [0.25, 0.3) is 0 Å². The average molecular weight is 271 g/mol. The minimum atomic E-state index is -0.202. The zero-order valence-electron chi connectivity index (χ0n) is 11.6. The van der Waals surface area contributed by atoms with Crippen LogP contribution in [0.1, 0.15) is 15.9 Å². The number of carbonyl (C=O) groups is 1. The van der Waals surface area contributed by atoms with Crippen LogP contribution in [0, 0.1) is 0 Å². The molecule has 0 aliphatic carbocycles. The Hall–Kier alpha value is -2.49. The molecule has 1 N–H and O–H groups in total. The largest absolute Gasteiger partial charge is 0.492 e. The zero-order valence-corrected chi connectivity index (χ0v) is 11.6. The van der Waals surface area contributed by atoms with E-state index in [1.165, 1.54) is 7.11 Å². The van der Waals surface area contributed by atoms with Gasteiger partial charge in [-0.15, -0.1) is 0 Å². The molecule has 0 radical (unpaired) electrons. The summed E-state index contributed by atoms with van der Waals surface area (Å²) in [5.41, 5.74) is 1.51. The molecule has 2 rings (SSSR count). The van der Waals surface area contributed by atoms with E-state index in [-0.39, 0.29) is 5.91 Å². The zero-order chi connectivity index (χ0) is 14.4. The number of hydrogen-bond acceptors (Lipinski definition) is 3. The standard InChI is InChI=1S/C16H17NO3/c1-17-16(18)13-9-6-10-14(15(13)19-2)20-11-12-7-4-3-5-8-12/h3-10H,11H2,1-2H3,(H,17,18). The number of hydrogen-bond donors (Lipinski definition) is 1. The van der Waals surface area contributed by atoms with Crippen molar-refractivity contribution in [1.29, 1.82) is 0 Å². The monoisotopic (exact) mass is 271 g/mol. The molecule has 4 heteroatoms. The van der Waals surface area contributed by atoms with Crippen molar-refractivity contribution in [2.45, 2.75) is 6.61 Å². The maximum Gasteiger partial charge on any atom is 0.254 e. The van der Waals surface area contributed by atoms with Gasteiger partial charge in [-0.25, -0.2) is 0 Å². The quantitative estimate of drug-likeness (QED) is 0.909. The lowest BCUT2D eigenvalue weighted by atomic mass is 10.1. The Bertz CT molecular complexity index is 582. The van der Waals surface area contributed by atoms with Crippen LogP contribution in [0.4, 0.5) is 0 Å². The fraction of sp³-hybridized carbons (Fsp3) is 0.188. The van der Waals surface area contributed by atoms with Gasteiger partial charge in [-0.2, -0.15) is 0 Å². The predicted octanol–water partition coefficient (Wildman–Crippen LogP) is 2.63. The van der Waals surface area contributed by atoms with Gasteiger partial charge in [0.25, 0.3) is 5.91 Å². The van der Waals surface area contributed by atoms with Crippen molar-refractivity contribution in [2.75, 3.05) is 14.2 Å². The van der Waals surface area contributed by atoms with Crippen molar-refractivity contribution in [3.05, 3.63) is 59.7 Å². The van der Waals surface area contributed by atoms with Gasteiger partial charge in [0.15, 0.2) is 11.5 Å².